The standard InChI is InChI=1S/C11H12N2O3/c1-16-7-5-9-12-10(11(14)15)8-4-2-3-6-13(8)9/h2-4,6H,5,7H2,1H3,(H,14,15). The molecule has 0 fully saturated rings. The van der Waals surface area contributed by atoms with Crippen LogP contribution < -0.4 is 0 Å². The largest absolute Gasteiger partial charge is 0.476 e. The number of hydrogen-bond donors (Lipinski definition) is 1. The molecule has 0 bridgehead atoms. The van der Waals surface area contributed by atoms with E-state index < -0.39 is 5.97 Å². The fourth-order valence-corrected chi connectivity index (χ4v) is 1.63. The van der Waals surface area contributed by atoms with Crippen LogP contribution in [0.4, 0.5) is 0 Å². The number of ether oxygens (including phenoxy) is 1. The summed E-state index contributed by atoms with van der Waals surface area (Å²) in [5.41, 5.74) is 0.702. The van der Waals surface area contributed by atoms with E-state index in [9.17, 15) is 4.79 Å². The molecule has 84 valence electrons. The molecule has 1 N–H and O–H groups in total. The van der Waals surface area contributed by atoms with Gasteiger partial charge in [-0.3, -0.25) is 0 Å². The summed E-state index contributed by atoms with van der Waals surface area (Å²) in [5, 5.41) is 9.01. The minimum absolute atomic E-state index is 0.0895. The summed E-state index contributed by atoms with van der Waals surface area (Å²) in [6, 6.07) is 5.38. The molecule has 0 aliphatic carbocycles. The Hall–Kier alpha value is -1.88. The Kier molecular flexibility index (Phi) is 2.87. The first-order valence-corrected chi connectivity index (χ1v) is 4.92. The van der Waals surface area contributed by atoms with Crippen molar-refractivity contribution in [1.29, 1.82) is 0 Å². The maximum atomic E-state index is 11.0. The van der Waals surface area contributed by atoms with Crippen molar-refractivity contribution in [2.75, 3.05) is 13.7 Å². The Morgan fingerprint density at radius 2 is 2.38 bits per heavy atom. The predicted molar refractivity (Wildman–Crippen MR) is 57.7 cm³/mol. The van der Waals surface area contributed by atoms with E-state index in [-0.39, 0.29) is 5.69 Å². The van der Waals surface area contributed by atoms with Crippen LogP contribution >= 0.6 is 0 Å². The highest BCUT2D eigenvalue weighted by Crippen LogP contribution is 2.13. The van der Waals surface area contributed by atoms with Gasteiger partial charge in [-0.25, -0.2) is 9.78 Å². The molecule has 0 aliphatic rings. The normalized spacial score (nSPS) is 10.8. The van der Waals surface area contributed by atoms with Crippen molar-refractivity contribution in [1.82, 2.24) is 9.38 Å². The zero-order valence-corrected chi connectivity index (χ0v) is 8.88. The quantitative estimate of drug-likeness (QED) is 0.841. The van der Waals surface area contributed by atoms with Crippen LogP contribution in [-0.2, 0) is 11.2 Å². The van der Waals surface area contributed by atoms with E-state index in [0.29, 0.717) is 24.4 Å². The highest BCUT2D eigenvalue weighted by atomic mass is 16.5. The van der Waals surface area contributed by atoms with E-state index in [4.69, 9.17) is 9.84 Å². The molecule has 5 nitrogen and oxygen atoms in total. The molecular weight excluding hydrogens is 208 g/mol. The van der Waals surface area contributed by atoms with Crippen molar-refractivity contribution >= 4 is 11.5 Å². The monoisotopic (exact) mass is 220 g/mol. The number of methoxy groups -OCH3 is 1. The number of aromatic carboxylic acids is 1. The minimum Gasteiger partial charge on any atom is -0.476 e. The molecule has 16 heavy (non-hydrogen) atoms. The molecule has 0 radical (unpaired) electrons. The first kappa shape index (κ1) is 10.6. The van der Waals surface area contributed by atoms with Gasteiger partial charge in [-0.05, 0) is 12.1 Å². The van der Waals surface area contributed by atoms with Gasteiger partial charge in [-0.2, -0.15) is 0 Å². The highest BCUT2D eigenvalue weighted by Gasteiger charge is 2.15. The molecule has 2 rings (SSSR count). The van der Waals surface area contributed by atoms with Crippen LogP contribution in [0.5, 0.6) is 0 Å². The van der Waals surface area contributed by atoms with Gasteiger partial charge < -0.3 is 14.2 Å². The van der Waals surface area contributed by atoms with Gasteiger partial charge in [0.15, 0.2) is 5.69 Å². The zero-order valence-electron chi connectivity index (χ0n) is 8.88. The summed E-state index contributed by atoms with van der Waals surface area (Å²) in [6.45, 7) is 0.521. The van der Waals surface area contributed by atoms with Crippen LogP contribution in [0.2, 0.25) is 0 Å². The highest BCUT2D eigenvalue weighted by molar-refractivity contribution is 5.93. The number of pyridine rings is 1. The second-order valence-corrected chi connectivity index (χ2v) is 3.38. The molecule has 0 amide bonds. The average Bonchev–Trinajstić information content (AvgIpc) is 2.65. The Morgan fingerprint density at radius 1 is 1.56 bits per heavy atom. The van der Waals surface area contributed by atoms with Gasteiger partial charge in [0.2, 0.25) is 0 Å². The van der Waals surface area contributed by atoms with Crippen LogP contribution in [0.25, 0.3) is 5.52 Å². The number of nitrogens with zero attached hydrogens (tertiary/aromatic N) is 2. The number of aromatic nitrogens is 2. The summed E-state index contributed by atoms with van der Waals surface area (Å²) in [4.78, 5) is 15.1. The zero-order chi connectivity index (χ0) is 11.5. The van der Waals surface area contributed by atoms with Crippen LogP contribution in [-0.4, -0.2) is 34.2 Å². The molecule has 0 saturated heterocycles. The Morgan fingerprint density at radius 3 is 3.06 bits per heavy atom. The van der Waals surface area contributed by atoms with Gasteiger partial charge in [-0.1, -0.05) is 6.07 Å². The number of hydrogen-bond acceptors (Lipinski definition) is 3. The van der Waals surface area contributed by atoms with Gasteiger partial charge in [0, 0.05) is 19.7 Å². The van der Waals surface area contributed by atoms with E-state index in [2.05, 4.69) is 4.98 Å². The lowest BCUT2D eigenvalue weighted by atomic mass is 10.3. The molecule has 0 aliphatic heterocycles. The first-order chi connectivity index (χ1) is 7.74. The molecule has 5 heteroatoms. The molecule has 0 atom stereocenters. The van der Waals surface area contributed by atoms with Crippen molar-refractivity contribution < 1.29 is 14.6 Å². The van der Waals surface area contributed by atoms with Crippen molar-refractivity contribution in [3.05, 3.63) is 35.9 Å². The second kappa shape index (κ2) is 4.32. The van der Waals surface area contributed by atoms with Crippen LogP contribution in [0.15, 0.2) is 24.4 Å². The molecule has 2 aromatic heterocycles. The van der Waals surface area contributed by atoms with Crippen molar-refractivity contribution in [3.63, 3.8) is 0 Å². The van der Waals surface area contributed by atoms with E-state index in [1.807, 2.05) is 6.07 Å². The Bertz CT molecular complexity index is 519. The van der Waals surface area contributed by atoms with Crippen molar-refractivity contribution in [3.8, 4) is 0 Å². The third-order valence-electron chi connectivity index (χ3n) is 2.35. The number of imidazole rings is 1. The van der Waals surface area contributed by atoms with E-state index in [1.165, 1.54) is 0 Å². The summed E-state index contributed by atoms with van der Waals surface area (Å²) in [6.07, 6.45) is 2.40. The second-order valence-electron chi connectivity index (χ2n) is 3.38. The fraction of sp³-hybridized carbons (Fsp3) is 0.273. The SMILES string of the molecule is COCCc1nc(C(=O)O)c2ccccn12. The summed E-state index contributed by atoms with van der Waals surface area (Å²) in [7, 11) is 1.61. The average molecular weight is 220 g/mol. The van der Waals surface area contributed by atoms with Crippen LogP contribution in [0, 0.1) is 0 Å². The number of carboxylic acids is 1. The van der Waals surface area contributed by atoms with Crippen LogP contribution in [0.3, 0.4) is 0 Å². The van der Waals surface area contributed by atoms with E-state index >= 15 is 0 Å². The van der Waals surface area contributed by atoms with E-state index in [1.54, 1.807) is 29.8 Å². The predicted octanol–water partition coefficient (Wildman–Crippen LogP) is 1.22. The third-order valence-corrected chi connectivity index (χ3v) is 2.35. The van der Waals surface area contributed by atoms with Gasteiger partial charge in [0.25, 0.3) is 0 Å². The number of fused-ring (bicyclic) bond motifs is 1. The maximum Gasteiger partial charge on any atom is 0.356 e. The Balaban J connectivity index is 2.53. The van der Waals surface area contributed by atoms with Crippen molar-refractivity contribution in [2.45, 2.75) is 6.42 Å². The lowest BCUT2D eigenvalue weighted by Gasteiger charge is -1.99. The van der Waals surface area contributed by atoms with Crippen LogP contribution in [0.1, 0.15) is 16.3 Å². The summed E-state index contributed by atoms with van der Waals surface area (Å²) >= 11 is 0. The molecule has 0 unspecified atom stereocenters. The lowest BCUT2D eigenvalue weighted by Crippen LogP contribution is -2.00. The van der Waals surface area contributed by atoms with Gasteiger partial charge in [0.1, 0.15) is 5.82 Å². The number of rotatable bonds is 4. The molecule has 0 aromatic carbocycles. The lowest BCUT2D eigenvalue weighted by molar-refractivity contribution is 0.0693. The maximum absolute atomic E-state index is 11.0. The summed E-state index contributed by atoms with van der Waals surface area (Å²) in [5.74, 6) is -0.304. The molecule has 0 spiro atoms. The fourth-order valence-electron chi connectivity index (χ4n) is 1.63. The molecule has 2 aromatic rings. The first-order valence-electron chi connectivity index (χ1n) is 4.92. The Labute approximate surface area is 92.3 Å². The number of carboxylic acid groups (broad SMARTS) is 1. The topological polar surface area (TPSA) is 63.8 Å². The molecule has 2 heterocycles. The van der Waals surface area contributed by atoms with Gasteiger partial charge >= 0.3 is 5.97 Å². The molecule has 0 saturated carbocycles. The third kappa shape index (κ3) is 1.77. The smallest absolute Gasteiger partial charge is 0.356 e. The van der Waals surface area contributed by atoms with Crippen molar-refractivity contribution in [2.24, 2.45) is 0 Å². The van der Waals surface area contributed by atoms with Gasteiger partial charge in [-0.15, -0.1) is 0 Å². The molecular formula is C11H12N2O3. The number of carbonyl (C=O) groups is 1. The summed E-state index contributed by atoms with van der Waals surface area (Å²) < 4.78 is 6.74. The van der Waals surface area contributed by atoms with Gasteiger partial charge in [0.05, 0.1) is 12.1 Å². The van der Waals surface area contributed by atoms with E-state index in [0.717, 1.165) is 0 Å². The minimum atomic E-state index is -1.01.